The molecule has 0 aliphatic carbocycles. The number of nitrogens with zero attached hydrogens (tertiary/aromatic N) is 6. The quantitative estimate of drug-likeness (QED) is 0.0158. The van der Waals surface area contributed by atoms with Crippen molar-refractivity contribution >= 4 is 115 Å². The Labute approximate surface area is 880 Å². The van der Waals surface area contributed by atoms with E-state index in [-0.39, 0.29) is 111 Å². The van der Waals surface area contributed by atoms with Crippen LogP contribution in [0.2, 0.25) is 0 Å². The molecule has 8 aromatic rings. The number of aliphatic carboxylic acids is 3. The van der Waals surface area contributed by atoms with Crippen LogP contribution in [0.25, 0.3) is 43.6 Å². The van der Waals surface area contributed by atoms with E-state index in [1.165, 1.54) is 27.7 Å². The number of allylic oxidation sites excluding steroid dienone is 1. The molecule has 0 aliphatic rings. The molecule has 4 aromatic heterocycles. The van der Waals surface area contributed by atoms with Gasteiger partial charge < -0.3 is 96.6 Å². The number of hydrogen-bond donors (Lipinski definition) is 13. The summed E-state index contributed by atoms with van der Waals surface area (Å²) in [4.78, 5) is 169. The van der Waals surface area contributed by atoms with Crippen molar-refractivity contribution in [3.8, 4) is 0 Å². The number of carboxylic acids is 3. The van der Waals surface area contributed by atoms with E-state index in [9.17, 15) is 72.9 Å². The van der Waals surface area contributed by atoms with Gasteiger partial charge in [0.15, 0.2) is 5.78 Å². The first-order valence-electron chi connectivity index (χ1n) is 51.5. The highest BCUT2D eigenvalue weighted by atomic mass is 16.4. The molecule has 13 N–H and O–H groups in total. The number of amides is 8. The van der Waals surface area contributed by atoms with Gasteiger partial charge in [-0.2, -0.15) is 0 Å². The number of likely N-dealkylation sites (N-methyl/N-ethyl adjacent to an activating group) is 8. The second kappa shape index (κ2) is 52.7. The minimum atomic E-state index is -1.02. The van der Waals surface area contributed by atoms with Crippen LogP contribution in [0.4, 0.5) is 0 Å². The number of fused-ring (bicyclic) bond motifs is 4. The van der Waals surface area contributed by atoms with Crippen molar-refractivity contribution in [1.29, 1.82) is 0 Å². The Morgan fingerprint density at radius 1 is 0.311 bits per heavy atom. The van der Waals surface area contributed by atoms with Crippen molar-refractivity contribution in [3.63, 3.8) is 0 Å². The van der Waals surface area contributed by atoms with Crippen molar-refractivity contribution in [2.75, 3.05) is 56.4 Å². The number of aromatic amines is 2. The molecule has 0 spiro atoms. The van der Waals surface area contributed by atoms with Crippen LogP contribution >= 0.6 is 0 Å². The average molecular weight is 2050 g/mol. The first-order valence-corrected chi connectivity index (χ1v) is 51.5. The molecule has 8 amide bonds. The molecule has 0 saturated heterocycles. The Hall–Kier alpha value is -12.3. The van der Waals surface area contributed by atoms with Gasteiger partial charge in [0.2, 0.25) is 47.3 Å². The number of ketones is 1. The van der Waals surface area contributed by atoms with E-state index in [2.05, 4.69) is 112 Å². The lowest BCUT2D eigenvalue weighted by atomic mass is 9.76. The van der Waals surface area contributed by atoms with E-state index in [1.54, 1.807) is 101 Å². The third-order valence-corrected chi connectivity index (χ3v) is 29.3. The van der Waals surface area contributed by atoms with Gasteiger partial charge >= 0.3 is 17.9 Å². The molecule has 0 unspecified atom stereocenters. The zero-order valence-electron chi connectivity index (χ0n) is 96.2. The van der Waals surface area contributed by atoms with Crippen LogP contribution in [0.5, 0.6) is 0 Å². The van der Waals surface area contributed by atoms with E-state index < -0.39 is 117 Å². The molecule has 8 rings (SSSR count). The Balaban J connectivity index is 0.000000347. The summed E-state index contributed by atoms with van der Waals surface area (Å²) in [5.74, 6) is -5.36. The van der Waals surface area contributed by atoms with Gasteiger partial charge in [-0.3, -0.25) is 43.2 Å². The molecular weight excluding hydrogens is 1870 g/mol. The third-order valence-electron chi connectivity index (χ3n) is 29.3. The van der Waals surface area contributed by atoms with Gasteiger partial charge in [-0.05, 0) is 161 Å². The molecule has 0 bridgehead atoms. The normalized spacial score (nSPS) is 15.2. The maximum Gasteiger partial charge on any atom is 0.331 e. The summed E-state index contributed by atoms with van der Waals surface area (Å²) < 4.78 is 4.14. The Morgan fingerprint density at radius 2 is 0.541 bits per heavy atom. The second-order valence-electron chi connectivity index (χ2n) is 46.3. The standard InChI is InChI=1S/C30H46N4O4.C30H46N4O3.C29H44N4O4.C28H42N4O4/c1-18(2)23(16-19(3)28(37)38)34(11)27(36)25(29(4,5)6)32-26(35)24(31-9)30(7,8)21-17-33(10)22-15-13-12-14-20(21)22;1-18(2)25(16-20(5)21(6)35)34(11)29(37)26(19(3)4)32-28(36)27(31-9)30(7,8)23-17-33(10)24-15-13-12-14-22(23)24;1-17(2)22(15-18(3)27(36)37)33(10)26(35)24(28(4,5)6)32-25(34)23(30-9)29(7,8)20-16-31-21-14-12-11-13-19(20)21;1-16(2)22(14-18(5)27(35)36)32(9)26(34)23(17(3)4)31-25(33)24(29-8)28(6,7)20-15-30-21-13-11-10-12-19(20)21/h12-18,23-25,31H,1-11H3,(H,32,35)(H,37,38);12-19,25-27,31H,1-11H3,(H,32,36);11-17,22-24,30-31H,1-10H3,(H,32,34)(H,36,37);10-17,22-24,29-30H,1-9H3,(H,31,33)(H,35,36)/b19-16+;20-16+;18-15+;18-14+/t23-,24-,25-;25-,26+,27-;22-,23-,24-;22-,23+,24-/m1111/s1. The van der Waals surface area contributed by atoms with Gasteiger partial charge in [-0.1, -0.05) is 277 Å². The summed E-state index contributed by atoms with van der Waals surface area (Å²) in [6.07, 6.45) is 14.7. The number of nitrogens with one attached hydrogen (secondary N) is 10. The number of carbonyl (C=O) groups is 12. The first-order chi connectivity index (χ1) is 68.4. The fourth-order valence-corrected chi connectivity index (χ4v) is 19.9. The number of para-hydroxylation sites is 4. The van der Waals surface area contributed by atoms with Gasteiger partial charge in [0.25, 0.3) is 0 Å². The number of Topliss-reactive ketones (excluding diaryl/α,β-unsaturated/α-hetero) is 1. The maximum atomic E-state index is 13.9. The second-order valence-corrected chi connectivity index (χ2v) is 46.3. The highest BCUT2D eigenvalue weighted by Gasteiger charge is 2.48. The van der Waals surface area contributed by atoms with E-state index in [1.807, 2.05) is 272 Å². The van der Waals surface area contributed by atoms with Crippen LogP contribution < -0.4 is 42.5 Å². The number of aromatic nitrogens is 4. The zero-order chi connectivity index (χ0) is 113. The predicted molar refractivity (Wildman–Crippen MR) is 596 cm³/mol. The smallest absolute Gasteiger partial charge is 0.331 e. The van der Waals surface area contributed by atoms with Crippen LogP contribution in [0.3, 0.4) is 0 Å². The van der Waals surface area contributed by atoms with Gasteiger partial charge in [0.1, 0.15) is 24.2 Å². The summed E-state index contributed by atoms with van der Waals surface area (Å²) in [5, 5.41) is 57.2. The van der Waals surface area contributed by atoms with Gasteiger partial charge in [-0.25, -0.2) is 14.4 Å². The van der Waals surface area contributed by atoms with E-state index in [4.69, 9.17) is 0 Å². The molecule has 12 atom stereocenters. The van der Waals surface area contributed by atoms with Crippen LogP contribution in [0.15, 0.2) is 168 Å². The Bertz CT molecular complexity index is 6090. The largest absolute Gasteiger partial charge is 0.478 e. The number of hydrogen-bond acceptors (Lipinski definition) is 16. The molecule has 816 valence electrons. The zero-order valence-corrected chi connectivity index (χ0v) is 96.2. The summed E-state index contributed by atoms with van der Waals surface area (Å²) >= 11 is 0. The number of rotatable bonds is 42. The van der Waals surface area contributed by atoms with Crippen molar-refractivity contribution < 1.29 is 72.9 Å². The highest BCUT2D eigenvalue weighted by molar-refractivity contribution is 5.99. The van der Waals surface area contributed by atoms with Crippen LogP contribution in [-0.4, -0.2) is 254 Å². The molecular formula is C117H178N16O15. The number of H-pyrrole nitrogens is 2. The van der Waals surface area contributed by atoms with E-state index >= 15 is 0 Å². The number of aryl methyl sites for hydroxylation is 2. The van der Waals surface area contributed by atoms with Crippen molar-refractivity contribution in [2.24, 2.45) is 60.4 Å². The maximum absolute atomic E-state index is 13.9. The Kier molecular flexibility index (Phi) is 44.9. The lowest BCUT2D eigenvalue weighted by Crippen LogP contribution is -2.61. The van der Waals surface area contributed by atoms with Gasteiger partial charge in [0, 0.05) is 149 Å². The first kappa shape index (κ1) is 126. The lowest BCUT2D eigenvalue weighted by Gasteiger charge is -2.39. The lowest BCUT2D eigenvalue weighted by molar-refractivity contribution is -0.141. The minimum Gasteiger partial charge on any atom is -0.478 e. The van der Waals surface area contributed by atoms with Crippen LogP contribution in [0, 0.1) is 46.3 Å². The third kappa shape index (κ3) is 30.5. The SMILES string of the molecule is CN[C@H](C(=O)N[C@H](C(=O)N(C)[C@H](/C=C(\C)C(=O)O)C(C)C)C(C)(C)C)C(C)(C)c1c[nH]c2ccccc12.CN[C@H](C(=O)N[C@H](C(=O)N(C)[C@H](/C=C(\C)C(=O)O)C(C)C)C(C)(C)C)C(C)(C)c1cn(C)c2ccccc12.CN[C@H](C(=O)N[C@H](C(=O)N(C)[C@H](/C=C(\C)C(=O)O)C(C)C)C(C)C)C(C)(C)c1c[nH]c2ccccc12.CN[C@H](C(=O)N[C@H](C(=O)N(C)[C@H](/C=C(\C)C(C)=O)C(C)C)C(C)C)C(C)(C)c1cn(C)c2ccccc12. The van der Waals surface area contributed by atoms with Crippen LogP contribution in [0.1, 0.15) is 237 Å². The molecule has 0 aliphatic heterocycles. The van der Waals surface area contributed by atoms with E-state index in [0.29, 0.717) is 5.57 Å². The molecule has 0 fully saturated rings. The van der Waals surface area contributed by atoms with E-state index in [0.717, 1.165) is 65.9 Å². The summed E-state index contributed by atoms with van der Waals surface area (Å²) in [6.45, 7) is 58.8. The molecule has 4 heterocycles. The molecule has 148 heavy (non-hydrogen) atoms. The van der Waals surface area contributed by atoms with Crippen molar-refractivity contribution in [3.05, 3.63) is 191 Å². The topological polar surface area (TPSA) is 416 Å². The predicted octanol–water partition coefficient (Wildman–Crippen LogP) is 16.1. The fourth-order valence-electron chi connectivity index (χ4n) is 19.9. The number of benzene rings is 4. The number of carbonyl (C=O) groups excluding carboxylic acids is 9. The monoisotopic (exact) mass is 2050 g/mol. The minimum absolute atomic E-state index is 0.0115. The van der Waals surface area contributed by atoms with Gasteiger partial charge in [-0.15, -0.1) is 0 Å². The summed E-state index contributed by atoms with van der Waals surface area (Å²) in [7, 11) is 17.8. The Morgan fingerprint density at radius 3 is 0.777 bits per heavy atom. The molecule has 4 aromatic carbocycles. The molecule has 0 saturated carbocycles. The van der Waals surface area contributed by atoms with Gasteiger partial charge in [0.05, 0.1) is 48.3 Å². The van der Waals surface area contributed by atoms with Crippen LogP contribution in [-0.2, 0) is 93.3 Å². The molecule has 0 radical (unpaired) electrons. The molecule has 31 heteroatoms. The number of carboxylic acid groups (broad SMARTS) is 3. The van der Waals surface area contributed by atoms with Crippen molar-refractivity contribution in [2.45, 2.75) is 309 Å². The molecule has 31 nitrogen and oxygen atoms in total. The summed E-state index contributed by atoms with van der Waals surface area (Å²) in [5.41, 5.74) is 5.91. The fraction of sp³-hybridized carbons (Fsp3) is 0.556. The van der Waals surface area contributed by atoms with Crippen molar-refractivity contribution in [1.82, 2.24) is 81.2 Å². The summed E-state index contributed by atoms with van der Waals surface area (Å²) in [6, 6.07) is 25.1. The average Bonchev–Trinajstić information content (AvgIpc) is 1.61. The highest BCUT2D eigenvalue weighted by Crippen LogP contribution is 2.41.